The highest BCUT2D eigenvalue weighted by Gasteiger charge is 2.53. The maximum absolute atomic E-state index is 14.5. The molecule has 0 bridgehead atoms. The fourth-order valence-corrected chi connectivity index (χ4v) is 4.90. The third kappa shape index (κ3) is 4.04. The Hall–Kier alpha value is -3.13. The van der Waals surface area contributed by atoms with Crippen LogP contribution >= 0.6 is 0 Å². The number of halogens is 1. The molecule has 1 spiro atoms. The quantitative estimate of drug-likeness (QED) is 0.764. The molecule has 2 fully saturated rings. The number of hydrogen-bond acceptors (Lipinski definition) is 5. The van der Waals surface area contributed by atoms with Gasteiger partial charge in [-0.25, -0.2) is 4.39 Å². The summed E-state index contributed by atoms with van der Waals surface area (Å²) in [6, 6.07) is 10.5. The number of carbonyl (C=O) groups excluding carboxylic acids is 2. The molecule has 2 aliphatic heterocycles. The van der Waals surface area contributed by atoms with E-state index < -0.39 is 23.5 Å². The molecule has 2 aromatic carbocycles. The van der Waals surface area contributed by atoms with Gasteiger partial charge in [0.25, 0.3) is 5.91 Å². The van der Waals surface area contributed by atoms with Gasteiger partial charge in [-0.05, 0) is 61.4 Å². The van der Waals surface area contributed by atoms with Gasteiger partial charge in [-0.15, -0.1) is 0 Å². The van der Waals surface area contributed by atoms with Crippen LogP contribution in [-0.4, -0.2) is 41.9 Å². The molecule has 1 saturated heterocycles. The smallest absolute Gasteiger partial charge is 0.259 e. The lowest BCUT2D eigenvalue weighted by Crippen LogP contribution is -2.56. The number of amides is 2. The van der Waals surface area contributed by atoms with Crippen LogP contribution in [0.5, 0.6) is 11.5 Å². The Bertz CT molecular complexity index is 1070. The van der Waals surface area contributed by atoms with Gasteiger partial charge in [0.1, 0.15) is 17.6 Å². The van der Waals surface area contributed by atoms with Gasteiger partial charge in [0.15, 0.2) is 11.5 Å². The van der Waals surface area contributed by atoms with Crippen LogP contribution in [0.15, 0.2) is 42.5 Å². The molecule has 0 radical (unpaired) electrons. The maximum atomic E-state index is 14.5. The van der Waals surface area contributed by atoms with Gasteiger partial charge in [-0.1, -0.05) is 25.1 Å². The normalized spacial score (nSPS) is 25.9. The van der Waals surface area contributed by atoms with Gasteiger partial charge in [0.2, 0.25) is 12.7 Å². The van der Waals surface area contributed by atoms with E-state index in [2.05, 4.69) is 12.2 Å². The first kappa shape index (κ1) is 21.7. The van der Waals surface area contributed by atoms with Crippen molar-refractivity contribution in [2.24, 2.45) is 5.92 Å². The predicted molar refractivity (Wildman–Crippen MR) is 117 cm³/mol. The molecular formula is C25H27FN2O5. The Morgan fingerprint density at radius 3 is 2.67 bits per heavy atom. The van der Waals surface area contributed by atoms with E-state index in [1.165, 1.54) is 17.0 Å². The van der Waals surface area contributed by atoms with Crippen molar-refractivity contribution in [2.45, 2.75) is 50.9 Å². The second-order valence-corrected chi connectivity index (χ2v) is 9.02. The molecule has 7 nitrogen and oxygen atoms in total. The van der Waals surface area contributed by atoms with Crippen LogP contribution in [-0.2, 0) is 16.1 Å². The summed E-state index contributed by atoms with van der Waals surface area (Å²) in [6.07, 6.45) is 3.01. The van der Waals surface area contributed by atoms with Crippen LogP contribution in [0.4, 0.5) is 4.39 Å². The Balaban J connectivity index is 1.37. The molecule has 5 rings (SSSR count). The van der Waals surface area contributed by atoms with Crippen molar-refractivity contribution in [2.75, 3.05) is 13.4 Å². The average Bonchev–Trinajstić information content (AvgIpc) is 3.44. The Morgan fingerprint density at radius 2 is 1.88 bits per heavy atom. The zero-order valence-corrected chi connectivity index (χ0v) is 18.5. The second kappa shape index (κ2) is 8.67. The number of fused-ring (bicyclic) bond motifs is 1. The van der Waals surface area contributed by atoms with E-state index in [0.29, 0.717) is 30.3 Å². The summed E-state index contributed by atoms with van der Waals surface area (Å²) in [7, 11) is 0. The number of carbonyl (C=O) groups is 2. The van der Waals surface area contributed by atoms with Gasteiger partial charge in [0, 0.05) is 6.54 Å². The molecule has 3 aliphatic rings. The van der Waals surface area contributed by atoms with Gasteiger partial charge in [-0.2, -0.15) is 0 Å². The highest BCUT2D eigenvalue weighted by atomic mass is 19.1. The molecule has 1 saturated carbocycles. The Morgan fingerprint density at radius 1 is 1.12 bits per heavy atom. The zero-order chi connectivity index (χ0) is 23.0. The van der Waals surface area contributed by atoms with E-state index in [4.69, 9.17) is 14.2 Å². The summed E-state index contributed by atoms with van der Waals surface area (Å²) in [5, 5.41) is 2.91. The van der Waals surface area contributed by atoms with Crippen molar-refractivity contribution in [3.8, 4) is 11.5 Å². The summed E-state index contributed by atoms with van der Waals surface area (Å²) in [6.45, 7) is 2.69. The first-order valence-corrected chi connectivity index (χ1v) is 11.4. The zero-order valence-electron chi connectivity index (χ0n) is 18.5. The lowest BCUT2D eigenvalue weighted by Gasteiger charge is -2.43. The van der Waals surface area contributed by atoms with E-state index >= 15 is 0 Å². The minimum absolute atomic E-state index is 0.0467. The van der Waals surface area contributed by atoms with Crippen molar-refractivity contribution < 1.29 is 28.2 Å². The fourth-order valence-electron chi connectivity index (χ4n) is 4.90. The van der Waals surface area contributed by atoms with E-state index in [1.807, 2.05) is 12.1 Å². The molecule has 1 atom stereocenters. The fraction of sp³-hybridized carbons (Fsp3) is 0.440. The van der Waals surface area contributed by atoms with Crippen LogP contribution in [0.2, 0.25) is 0 Å². The Kier molecular flexibility index (Phi) is 5.70. The van der Waals surface area contributed by atoms with E-state index in [0.717, 1.165) is 18.4 Å². The molecule has 1 aliphatic carbocycles. The van der Waals surface area contributed by atoms with Crippen LogP contribution < -0.4 is 14.8 Å². The molecule has 0 unspecified atom stereocenters. The predicted octanol–water partition coefficient (Wildman–Crippen LogP) is 3.62. The monoisotopic (exact) mass is 454 g/mol. The molecule has 2 amide bonds. The Labute approximate surface area is 191 Å². The van der Waals surface area contributed by atoms with Crippen molar-refractivity contribution in [3.63, 3.8) is 0 Å². The highest BCUT2D eigenvalue weighted by Crippen LogP contribution is 2.43. The largest absolute Gasteiger partial charge is 0.454 e. The first-order chi connectivity index (χ1) is 16.0. The number of hydrogen-bond donors (Lipinski definition) is 1. The molecule has 8 heteroatoms. The number of ether oxygens (including phenoxy) is 3. The van der Waals surface area contributed by atoms with Gasteiger partial charge < -0.3 is 19.5 Å². The minimum atomic E-state index is -0.882. The maximum Gasteiger partial charge on any atom is 0.259 e. The number of nitrogens with zero attached hydrogens (tertiary/aromatic N) is 1. The van der Waals surface area contributed by atoms with Crippen LogP contribution in [0.25, 0.3) is 0 Å². The van der Waals surface area contributed by atoms with Gasteiger partial charge in [0.05, 0.1) is 12.2 Å². The van der Waals surface area contributed by atoms with Gasteiger partial charge >= 0.3 is 0 Å². The molecule has 33 heavy (non-hydrogen) atoms. The second-order valence-electron chi connectivity index (χ2n) is 9.02. The standard InChI is InChI=1S/C25H27FN2O5/c1-16-8-10-25(11-9-16)28(24(30)18-4-2-3-5-19(18)26)20(14-33-25)23(29)27-13-17-6-7-21-22(12-17)32-15-31-21/h2-7,12,16,20H,8-11,13-15H2,1H3,(H,27,29)/t16?,20-,25?/m1/s1. The average molecular weight is 454 g/mol. The topological polar surface area (TPSA) is 77.1 Å². The summed E-state index contributed by atoms with van der Waals surface area (Å²) in [5.41, 5.74) is -0.0821. The summed E-state index contributed by atoms with van der Waals surface area (Å²) in [4.78, 5) is 28.3. The summed E-state index contributed by atoms with van der Waals surface area (Å²) in [5.74, 6) is 0.384. The SMILES string of the molecule is CC1CCC2(CC1)OC[C@H](C(=O)NCc1ccc3c(c1)OCO3)N2C(=O)c1ccccc1F. The molecule has 0 aromatic heterocycles. The third-order valence-corrected chi connectivity index (χ3v) is 6.85. The highest BCUT2D eigenvalue weighted by molar-refractivity contribution is 5.98. The van der Waals surface area contributed by atoms with Crippen molar-refractivity contribution >= 4 is 11.8 Å². The first-order valence-electron chi connectivity index (χ1n) is 11.4. The lowest BCUT2D eigenvalue weighted by molar-refractivity contribution is -0.128. The van der Waals surface area contributed by atoms with Crippen LogP contribution in [0.3, 0.4) is 0 Å². The summed E-state index contributed by atoms with van der Waals surface area (Å²) >= 11 is 0. The molecule has 2 aromatic rings. The van der Waals surface area contributed by atoms with E-state index in [-0.39, 0.29) is 31.4 Å². The molecular weight excluding hydrogens is 427 g/mol. The number of rotatable bonds is 4. The van der Waals surface area contributed by atoms with Crippen LogP contribution in [0.1, 0.15) is 48.5 Å². The van der Waals surface area contributed by atoms with Gasteiger partial charge in [-0.3, -0.25) is 14.5 Å². The molecule has 174 valence electrons. The number of benzene rings is 2. The third-order valence-electron chi connectivity index (χ3n) is 6.85. The van der Waals surface area contributed by atoms with Crippen molar-refractivity contribution in [3.05, 3.63) is 59.4 Å². The lowest BCUT2D eigenvalue weighted by atomic mass is 9.83. The summed E-state index contributed by atoms with van der Waals surface area (Å²) < 4.78 is 31.4. The van der Waals surface area contributed by atoms with Crippen molar-refractivity contribution in [1.29, 1.82) is 0 Å². The van der Waals surface area contributed by atoms with Crippen molar-refractivity contribution in [1.82, 2.24) is 10.2 Å². The van der Waals surface area contributed by atoms with Crippen LogP contribution in [0, 0.1) is 11.7 Å². The molecule has 1 N–H and O–H groups in total. The molecule has 2 heterocycles. The minimum Gasteiger partial charge on any atom is -0.454 e. The van der Waals surface area contributed by atoms with E-state index in [1.54, 1.807) is 18.2 Å². The van der Waals surface area contributed by atoms with E-state index in [9.17, 15) is 14.0 Å². The number of nitrogens with one attached hydrogen (secondary N) is 1.